The molecule has 2 aliphatic rings. The molecule has 0 amide bonds. The second-order valence-electron chi connectivity index (χ2n) is 9.38. The second kappa shape index (κ2) is 17.8. The first-order valence-corrected chi connectivity index (χ1v) is 27.1. The summed E-state index contributed by atoms with van der Waals surface area (Å²) in [6, 6.07) is 17.6. The van der Waals surface area contributed by atoms with E-state index in [-0.39, 0.29) is 34.9 Å². The fourth-order valence-corrected chi connectivity index (χ4v) is 4.21. The molecule has 192 valence electrons. The van der Waals surface area contributed by atoms with Crippen molar-refractivity contribution >= 4 is 21.2 Å². The predicted molar refractivity (Wildman–Crippen MR) is 148 cm³/mol. The summed E-state index contributed by atoms with van der Waals surface area (Å²) in [7, 11) is -0.194. The summed E-state index contributed by atoms with van der Waals surface area (Å²) in [5, 5.41) is 0. The summed E-state index contributed by atoms with van der Waals surface area (Å²) < 4.78 is 0. The summed E-state index contributed by atoms with van der Waals surface area (Å²) in [5.74, 6) is 5.72. The van der Waals surface area contributed by atoms with E-state index in [4.69, 9.17) is 0 Å². The smallest absolute Gasteiger partial charge is 1.00 e. The Hall–Kier alpha value is -0.607. The van der Waals surface area contributed by atoms with Gasteiger partial charge in [0.1, 0.15) is 0 Å². The third kappa shape index (κ3) is 11.4. The maximum absolute atomic E-state index is 3.43. The zero-order valence-electron chi connectivity index (χ0n) is 23.1. The first kappa shape index (κ1) is 35.4. The van der Waals surface area contributed by atoms with Gasteiger partial charge in [-0.15, -0.1) is 11.1 Å². The maximum atomic E-state index is 3.43. The molecule has 0 aromatic heterocycles. The van der Waals surface area contributed by atoms with E-state index in [1.54, 1.807) is 0 Å². The molecule has 0 nitrogen and oxygen atoms in total. The number of halogens is 2. The molecule has 2 atom stereocenters. The van der Waals surface area contributed by atoms with Gasteiger partial charge in [0.15, 0.2) is 0 Å². The minimum Gasteiger partial charge on any atom is -1.00 e. The number of hydrogen-bond donors (Lipinski definition) is 0. The Morgan fingerprint density at radius 1 is 0.722 bits per heavy atom. The van der Waals surface area contributed by atoms with Gasteiger partial charge in [0.05, 0.1) is 0 Å². The second-order valence-corrected chi connectivity index (χ2v) is 32.2. The van der Waals surface area contributed by atoms with Crippen LogP contribution in [-0.4, -0.2) is 10.1 Å². The number of rotatable bonds is 4. The van der Waals surface area contributed by atoms with Gasteiger partial charge in [-0.3, -0.25) is 12.2 Å². The van der Waals surface area contributed by atoms with Crippen LogP contribution in [0.25, 0.3) is 11.1 Å². The molecule has 4 rings (SSSR count). The molecule has 0 radical (unpaired) electrons. The van der Waals surface area contributed by atoms with Crippen LogP contribution in [0.3, 0.4) is 0 Å². The minimum absolute atomic E-state index is 0. The van der Waals surface area contributed by atoms with Gasteiger partial charge in [-0.1, -0.05) is 102 Å². The number of aryl methyl sites for hydroxylation is 2. The molecule has 0 N–H and O–H groups in total. The molecule has 2 aromatic carbocycles. The van der Waals surface area contributed by atoms with Crippen LogP contribution in [0, 0.1) is 24.0 Å². The Morgan fingerprint density at radius 2 is 1.06 bits per heavy atom. The molecule has 0 saturated carbocycles. The molecule has 0 spiro atoms. The van der Waals surface area contributed by atoms with E-state index in [1.165, 1.54) is 65.8 Å². The molecule has 0 bridgehead atoms. The molecule has 2 aromatic rings. The van der Waals surface area contributed by atoms with Crippen molar-refractivity contribution in [1.29, 1.82) is 0 Å². The minimum atomic E-state index is -0.194. The zero-order valence-corrected chi connectivity index (χ0v) is 30.3. The standard InChI is InChI=1S/2C15H17.C2H6Ge.2ClH.Hf/c2*1-4-13-6-5-7-14(10-13)15-9-11(2)8-12(15)3;1-3-2;;;/h2*5-7,9-11H,4H2,1-3H3;1-2H3;2*1H;/q2*-1;;;;+2/p-2. The maximum Gasteiger partial charge on any atom is -1.00 e. The van der Waals surface area contributed by atoms with Crippen molar-refractivity contribution in [2.24, 2.45) is 11.8 Å². The van der Waals surface area contributed by atoms with Crippen molar-refractivity contribution in [3.8, 4) is 0 Å². The van der Waals surface area contributed by atoms with Crippen LogP contribution in [0.2, 0.25) is 11.5 Å². The van der Waals surface area contributed by atoms with Gasteiger partial charge in [-0.05, 0) is 24.0 Å². The van der Waals surface area contributed by atoms with Crippen LogP contribution < -0.4 is 24.8 Å². The summed E-state index contributed by atoms with van der Waals surface area (Å²) in [6.07, 6.45) is 13.6. The zero-order chi connectivity index (χ0) is 25.3. The van der Waals surface area contributed by atoms with Crippen molar-refractivity contribution in [3.05, 3.63) is 106 Å². The van der Waals surface area contributed by atoms with Crippen LogP contribution >= 0.6 is 0 Å². The van der Waals surface area contributed by atoms with Crippen molar-refractivity contribution < 1.29 is 46.1 Å². The first-order valence-electron chi connectivity index (χ1n) is 12.5. The molecule has 4 heteroatoms. The third-order valence-corrected chi connectivity index (χ3v) is 5.82. The van der Waals surface area contributed by atoms with Gasteiger partial charge in [0, 0.05) is 0 Å². The van der Waals surface area contributed by atoms with Crippen molar-refractivity contribution in [2.45, 2.75) is 65.9 Å². The molecule has 0 heterocycles. The Morgan fingerprint density at radius 3 is 1.31 bits per heavy atom. The fraction of sp³-hybridized carbons (Fsp3) is 0.375. The number of benzene rings is 2. The first-order chi connectivity index (χ1) is 16.1. The monoisotopic (exact) mass is 748 g/mol. The third-order valence-electron chi connectivity index (χ3n) is 5.82. The Bertz CT molecular complexity index is 1040. The van der Waals surface area contributed by atoms with Crippen molar-refractivity contribution in [2.75, 3.05) is 0 Å². The van der Waals surface area contributed by atoms with E-state index in [2.05, 4.69) is 126 Å². The summed E-state index contributed by atoms with van der Waals surface area (Å²) >= 11 is 1.52. The number of hydrogen-bond acceptors (Lipinski definition) is 0. The van der Waals surface area contributed by atoms with Gasteiger partial charge in [-0.25, -0.2) is 11.1 Å². The van der Waals surface area contributed by atoms with E-state index >= 15 is 0 Å². The Kier molecular flexibility index (Phi) is 17.5. The molecular weight excluding hydrogens is 706 g/mol. The Labute approximate surface area is 249 Å². The molecule has 0 aliphatic heterocycles. The largest absolute Gasteiger partial charge is 1.00 e. The summed E-state index contributed by atoms with van der Waals surface area (Å²) in [5.41, 5.74) is 10.8. The van der Waals surface area contributed by atoms with Crippen LogP contribution in [0.15, 0.2) is 71.8 Å². The average molecular weight is 747 g/mol. The Balaban J connectivity index is 0.000000566. The topological polar surface area (TPSA) is 0 Å². The molecule has 2 aliphatic carbocycles. The van der Waals surface area contributed by atoms with Gasteiger partial charge >= 0.3 is 42.8 Å². The van der Waals surface area contributed by atoms with E-state index in [0.29, 0.717) is 11.8 Å². The van der Waals surface area contributed by atoms with Crippen LogP contribution in [0.5, 0.6) is 0 Å². The normalized spacial score (nSPS) is 17.5. The van der Waals surface area contributed by atoms with Crippen molar-refractivity contribution in [3.63, 3.8) is 0 Å². The van der Waals surface area contributed by atoms with Gasteiger partial charge in [0.2, 0.25) is 0 Å². The summed E-state index contributed by atoms with van der Waals surface area (Å²) in [6.45, 7) is 13.0. The molecular formula is C32H40Cl2GeHf-2. The van der Waals surface area contributed by atoms with E-state index < -0.39 is 0 Å². The molecule has 0 saturated heterocycles. The van der Waals surface area contributed by atoms with Crippen LogP contribution in [-0.2, 0) is 34.1 Å². The van der Waals surface area contributed by atoms with Gasteiger partial charge in [-0.2, -0.15) is 23.3 Å². The summed E-state index contributed by atoms with van der Waals surface area (Å²) in [4.78, 5) is 0. The molecule has 2 unspecified atom stereocenters. The van der Waals surface area contributed by atoms with E-state index in [0.717, 1.165) is 12.8 Å². The fourth-order valence-electron chi connectivity index (χ4n) is 4.21. The quantitative estimate of drug-likeness (QED) is 0.334. The van der Waals surface area contributed by atoms with E-state index in [9.17, 15) is 0 Å². The SMILES string of the molecule is CCc1cccc(C2=CC(C)[C-]=C2C)c1.CCc1cccc(C2=CC(C)[C-]=C2C)c1.[CH3][Ge]([CH3])=[Hf+2].[Cl-].[Cl-]. The molecule has 36 heavy (non-hydrogen) atoms. The van der Waals surface area contributed by atoms with Crippen LogP contribution in [0.1, 0.15) is 63.8 Å². The average Bonchev–Trinajstić information content (AvgIpc) is 3.33. The van der Waals surface area contributed by atoms with E-state index in [1.807, 2.05) is 0 Å². The van der Waals surface area contributed by atoms with Crippen molar-refractivity contribution in [1.82, 2.24) is 0 Å². The molecule has 0 fully saturated rings. The van der Waals surface area contributed by atoms with Gasteiger partial charge < -0.3 is 24.8 Å². The number of allylic oxidation sites excluding steroid dienone is 8. The van der Waals surface area contributed by atoms with Crippen LogP contribution in [0.4, 0.5) is 0 Å². The predicted octanol–water partition coefficient (Wildman–Crippen LogP) is 2.86. The van der Waals surface area contributed by atoms with Gasteiger partial charge in [0.25, 0.3) is 0 Å².